The second-order valence-electron chi connectivity index (χ2n) is 9.05. The van der Waals surface area contributed by atoms with Crippen LogP contribution in [-0.4, -0.2) is 29.6 Å². The van der Waals surface area contributed by atoms with Crippen molar-refractivity contribution in [3.63, 3.8) is 0 Å². The van der Waals surface area contributed by atoms with Crippen LogP contribution < -0.4 is 5.32 Å². The van der Waals surface area contributed by atoms with Crippen molar-refractivity contribution in [1.29, 1.82) is 5.26 Å². The first-order valence-corrected chi connectivity index (χ1v) is 11.7. The van der Waals surface area contributed by atoms with E-state index in [1.807, 2.05) is 6.07 Å². The monoisotopic (exact) mass is 521 g/mol. The number of nitrogens with zero attached hydrogens (tertiary/aromatic N) is 2. The van der Waals surface area contributed by atoms with Crippen molar-refractivity contribution in [3.8, 4) is 6.07 Å². The molecule has 0 fully saturated rings. The number of benzene rings is 2. The molecule has 1 amide bonds. The van der Waals surface area contributed by atoms with Crippen LogP contribution in [-0.2, 0) is 16.0 Å². The Morgan fingerprint density at radius 2 is 2.03 bits per heavy atom. The molecule has 5 nitrogen and oxygen atoms in total. The molecule has 1 aliphatic heterocycles. The summed E-state index contributed by atoms with van der Waals surface area (Å²) in [4.78, 5) is 17.0. The number of carbonyl (C=O) groups excluding carboxylic acids is 1. The number of amides is 1. The number of nitriles is 1. The molecule has 0 aliphatic carbocycles. The van der Waals surface area contributed by atoms with Gasteiger partial charge >= 0.3 is 6.18 Å². The van der Waals surface area contributed by atoms with Crippen molar-refractivity contribution in [2.75, 3.05) is 0 Å². The molecule has 0 aromatic heterocycles. The van der Waals surface area contributed by atoms with Crippen LogP contribution >= 0.6 is 11.6 Å². The Morgan fingerprint density at radius 3 is 2.67 bits per heavy atom. The van der Waals surface area contributed by atoms with Crippen molar-refractivity contribution >= 4 is 23.4 Å². The molecular weight excluding hydrogens is 491 g/mol. The van der Waals surface area contributed by atoms with Crippen molar-refractivity contribution in [1.82, 2.24) is 5.32 Å². The fourth-order valence-electron chi connectivity index (χ4n) is 3.81. The molecule has 190 valence electrons. The fourth-order valence-corrected chi connectivity index (χ4v) is 3.92. The van der Waals surface area contributed by atoms with E-state index in [1.165, 1.54) is 26.0 Å². The van der Waals surface area contributed by atoms with E-state index in [9.17, 15) is 23.2 Å². The van der Waals surface area contributed by atoms with E-state index in [1.54, 1.807) is 25.1 Å². The number of allylic oxidation sites excluding steroid dienone is 1. The third-order valence-electron chi connectivity index (χ3n) is 5.87. The zero-order chi connectivity index (χ0) is 28.3. The summed E-state index contributed by atoms with van der Waals surface area (Å²) in [6, 6.07) is 11.6. The van der Waals surface area contributed by atoms with Crippen LogP contribution in [0.25, 0.3) is 0 Å². The van der Waals surface area contributed by atoms with Gasteiger partial charge in [-0.05, 0) is 69.0 Å². The molecule has 0 saturated carbocycles. The lowest BCUT2D eigenvalue weighted by Gasteiger charge is -2.31. The predicted molar refractivity (Wildman–Crippen MR) is 133 cm³/mol. The van der Waals surface area contributed by atoms with E-state index in [-0.39, 0.29) is 42.3 Å². The maximum absolute atomic E-state index is 13.2. The summed E-state index contributed by atoms with van der Waals surface area (Å²) in [5.41, 5.74) is -0.468. The number of carbonyl (C=O) groups is 1. The number of rotatable bonds is 7. The molecule has 1 aliphatic rings. The molecule has 2 atom stereocenters. The van der Waals surface area contributed by atoms with Gasteiger partial charge in [-0.15, -0.1) is 0 Å². The summed E-state index contributed by atoms with van der Waals surface area (Å²) in [5, 5.41) is 12.4. The van der Waals surface area contributed by atoms with E-state index in [0.29, 0.717) is 11.1 Å². The van der Waals surface area contributed by atoms with Gasteiger partial charge in [0.05, 0.1) is 19.9 Å². The number of hydrogen-bond acceptors (Lipinski definition) is 4. The second kappa shape index (κ2) is 11.2. The van der Waals surface area contributed by atoms with Crippen LogP contribution in [0.1, 0.15) is 59.0 Å². The minimum atomic E-state index is -4.46. The molecule has 0 unspecified atom stereocenters. The van der Waals surface area contributed by atoms with Gasteiger partial charge in [0.15, 0.2) is 11.5 Å². The standard InChI is InChI=1S/C27H27ClF3N3O2/c1-17(34-25(35)26(2,3)36-24-12-9-21(16-33-24)27(29,30)31)23(14-18-7-10-22(28)11-8-18)20-6-4-5-19(13-20)15-32/h4-8,10-11,13,16-17,23H,9,12,14H2,1-3H3,(H,34,35)/t17-,23+/m0/s1/i7T,11T. The summed E-state index contributed by atoms with van der Waals surface area (Å²) < 4.78 is 60.7. The number of hydrogen-bond donors (Lipinski definition) is 1. The third kappa shape index (κ3) is 7.11. The molecule has 3 rings (SSSR count). The summed E-state index contributed by atoms with van der Waals surface area (Å²) in [6.45, 7) is 4.77. The van der Waals surface area contributed by atoms with Gasteiger partial charge in [0.2, 0.25) is 0 Å². The molecule has 0 radical (unpaired) electrons. The minimum absolute atomic E-state index is 0.0343. The average Bonchev–Trinajstić information content (AvgIpc) is 2.84. The minimum Gasteiger partial charge on any atom is -0.465 e. The Labute approximate surface area is 216 Å². The SMILES string of the molecule is [3H]c1cc(C[C@@H](c2cccc(C#N)c2)[C@H](C)NC(=O)C(C)(C)OC2=NC=C(C(F)(F)F)CC2)c([3H])cc1Cl. The Hall–Kier alpha value is -3.31. The normalized spacial score (nSPS) is 16.5. The highest BCUT2D eigenvalue weighted by molar-refractivity contribution is 6.30. The van der Waals surface area contributed by atoms with Gasteiger partial charge in [0.25, 0.3) is 5.91 Å². The van der Waals surface area contributed by atoms with E-state index >= 15 is 0 Å². The highest BCUT2D eigenvalue weighted by Gasteiger charge is 2.37. The summed E-state index contributed by atoms with van der Waals surface area (Å²) in [6.07, 6.45) is -3.84. The number of ether oxygens (including phenoxy) is 1. The van der Waals surface area contributed by atoms with Crippen molar-refractivity contribution in [3.05, 3.63) is 82.0 Å². The molecule has 0 saturated heterocycles. The van der Waals surface area contributed by atoms with Gasteiger partial charge in [-0.1, -0.05) is 35.8 Å². The van der Waals surface area contributed by atoms with Crippen LogP contribution in [0.15, 0.2) is 65.2 Å². The zero-order valence-electron chi connectivity index (χ0n) is 22.0. The molecule has 2 aromatic carbocycles. The van der Waals surface area contributed by atoms with Crippen LogP contribution in [0, 0.1) is 11.3 Å². The van der Waals surface area contributed by atoms with Crippen LogP contribution in [0.5, 0.6) is 0 Å². The molecule has 0 spiro atoms. The molecule has 2 aromatic rings. The lowest BCUT2D eigenvalue weighted by Crippen LogP contribution is -2.50. The molecule has 1 heterocycles. The van der Waals surface area contributed by atoms with Gasteiger partial charge < -0.3 is 10.1 Å². The number of nitrogens with one attached hydrogen (secondary N) is 1. The second-order valence-corrected chi connectivity index (χ2v) is 9.46. The smallest absolute Gasteiger partial charge is 0.414 e. The lowest BCUT2D eigenvalue weighted by molar-refractivity contribution is -0.136. The highest BCUT2D eigenvalue weighted by atomic mass is 35.5. The van der Waals surface area contributed by atoms with E-state index in [2.05, 4.69) is 16.4 Å². The summed E-state index contributed by atoms with van der Waals surface area (Å²) in [7, 11) is 0. The number of aliphatic imine (C=N–C) groups is 1. The van der Waals surface area contributed by atoms with E-state index in [4.69, 9.17) is 19.1 Å². The Morgan fingerprint density at radius 1 is 1.28 bits per heavy atom. The van der Waals surface area contributed by atoms with Crippen molar-refractivity contribution in [2.24, 2.45) is 4.99 Å². The maximum atomic E-state index is 13.2. The van der Waals surface area contributed by atoms with Crippen LogP contribution in [0.4, 0.5) is 13.2 Å². The zero-order valence-corrected chi connectivity index (χ0v) is 20.8. The summed E-state index contributed by atoms with van der Waals surface area (Å²) >= 11 is 5.99. The van der Waals surface area contributed by atoms with Gasteiger partial charge in [-0.3, -0.25) is 4.79 Å². The molecule has 36 heavy (non-hydrogen) atoms. The van der Waals surface area contributed by atoms with Crippen molar-refractivity contribution < 1.29 is 25.4 Å². The number of halogens is 4. The van der Waals surface area contributed by atoms with Crippen molar-refractivity contribution in [2.45, 2.75) is 63.8 Å². The lowest BCUT2D eigenvalue weighted by atomic mass is 9.85. The Kier molecular flexibility index (Phi) is 7.57. The average molecular weight is 522 g/mol. The van der Waals surface area contributed by atoms with Gasteiger partial charge in [-0.25, -0.2) is 4.99 Å². The quantitative estimate of drug-likeness (QED) is 0.453. The first kappa shape index (κ1) is 24.4. The Bertz CT molecular complexity index is 1320. The van der Waals surface area contributed by atoms with Gasteiger partial charge in [-0.2, -0.15) is 18.4 Å². The molecule has 1 N–H and O–H groups in total. The van der Waals surface area contributed by atoms with Crippen LogP contribution in [0.3, 0.4) is 0 Å². The molecular formula is C27H27ClF3N3O2. The van der Waals surface area contributed by atoms with E-state index in [0.717, 1.165) is 11.8 Å². The number of alkyl halides is 3. The van der Waals surface area contributed by atoms with Gasteiger partial charge in [0, 0.05) is 29.6 Å². The van der Waals surface area contributed by atoms with Crippen LogP contribution in [0.2, 0.25) is 5.02 Å². The first-order valence-electron chi connectivity index (χ1n) is 12.3. The summed E-state index contributed by atoms with van der Waals surface area (Å²) in [5.74, 6) is -0.868. The van der Waals surface area contributed by atoms with Gasteiger partial charge in [0.1, 0.15) is 0 Å². The topological polar surface area (TPSA) is 74.5 Å². The fraction of sp³-hybridized carbons (Fsp3) is 0.370. The Balaban J connectivity index is 1.83. The highest BCUT2D eigenvalue weighted by Crippen LogP contribution is 2.32. The first-order chi connectivity index (χ1) is 17.7. The third-order valence-corrected chi connectivity index (χ3v) is 6.09. The largest absolute Gasteiger partial charge is 0.465 e. The predicted octanol–water partition coefficient (Wildman–Crippen LogP) is 6.48. The molecule has 0 bridgehead atoms. The van der Waals surface area contributed by atoms with E-state index < -0.39 is 35.2 Å². The maximum Gasteiger partial charge on any atom is 0.414 e. The molecule has 9 heteroatoms.